The minimum atomic E-state index is -4.58. The van der Waals surface area contributed by atoms with Gasteiger partial charge in [-0.3, -0.25) is 5.10 Å². The highest BCUT2D eigenvalue weighted by atomic mass is 32.2. The van der Waals surface area contributed by atoms with Gasteiger partial charge in [0.1, 0.15) is 22.0 Å². The minimum absolute atomic E-state index is 0.0574. The van der Waals surface area contributed by atoms with Crippen LogP contribution in [0.4, 0.5) is 13.2 Å². The van der Waals surface area contributed by atoms with Crippen LogP contribution in [0.15, 0.2) is 21.4 Å². The summed E-state index contributed by atoms with van der Waals surface area (Å²) in [6, 6.07) is 1.31. The van der Waals surface area contributed by atoms with Crippen molar-refractivity contribution < 1.29 is 26.0 Å². The first-order valence-electron chi connectivity index (χ1n) is 7.09. The Morgan fingerprint density at radius 1 is 1.38 bits per heavy atom. The average Bonchev–Trinajstić information content (AvgIpc) is 3.09. The van der Waals surface area contributed by atoms with Crippen LogP contribution in [0.3, 0.4) is 0 Å². The molecule has 0 aromatic carbocycles. The van der Waals surface area contributed by atoms with Crippen LogP contribution < -0.4 is 10.5 Å². The zero-order chi connectivity index (χ0) is 17.7. The number of furan rings is 1. The number of nitrogens with one attached hydrogen (secondary N) is 2. The standard InChI is InChI=1S/C13H15F3N4O3S/c1-6-11(24(21,22)20-8-3-2-7(8)17)5-10(23-6)9-4-12(19-18-9)13(14,15)16/h4-5,7-8,20H,2-3,17H2,1H3,(H,18,19)/t7-,8+/m0/s1. The van der Waals surface area contributed by atoms with E-state index in [1.807, 2.05) is 5.10 Å². The lowest BCUT2D eigenvalue weighted by atomic mass is 9.88. The summed E-state index contributed by atoms with van der Waals surface area (Å²) >= 11 is 0. The van der Waals surface area contributed by atoms with Crippen molar-refractivity contribution in [2.24, 2.45) is 5.73 Å². The zero-order valence-electron chi connectivity index (χ0n) is 12.5. The molecule has 2 atom stereocenters. The van der Waals surface area contributed by atoms with Gasteiger partial charge in [0.2, 0.25) is 10.0 Å². The van der Waals surface area contributed by atoms with E-state index < -0.39 is 21.9 Å². The molecule has 0 aliphatic heterocycles. The van der Waals surface area contributed by atoms with E-state index in [4.69, 9.17) is 10.2 Å². The molecule has 1 aliphatic rings. The molecule has 1 saturated carbocycles. The summed E-state index contributed by atoms with van der Waals surface area (Å²) in [6.45, 7) is 1.41. The summed E-state index contributed by atoms with van der Waals surface area (Å²) in [5, 5.41) is 5.37. The summed E-state index contributed by atoms with van der Waals surface area (Å²) in [5.41, 5.74) is 4.54. The first kappa shape index (κ1) is 17.0. The summed E-state index contributed by atoms with van der Waals surface area (Å²) in [6.07, 6.45) is -3.21. The van der Waals surface area contributed by atoms with Crippen molar-refractivity contribution in [3.05, 3.63) is 23.6 Å². The molecule has 7 nitrogen and oxygen atoms in total. The highest BCUT2D eigenvalue weighted by molar-refractivity contribution is 7.89. The van der Waals surface area contributed by atoms with Crippen LogP contribution in [-0.2, 0) is 16.2 Å². The van der Waals surface area contributed by atoms with E-state index in [0.717, 1.165) is 18.6 Å². The number of aryl methyl sites for hydroxylation is 1. The third-order valence-corrected chi connectivity index (χ3v) is 5.53. The van der Waals surface area contributed by atoms with Gasteiger partial charge < -0.3 is 10.2 Å². The second-order valence-corrected chi connectivity index (χ2v) is 7.35. The summed E-state index contributed by atoms with van der Waals surface area (Å²) in [4.78, 5) is -0.145. The van der Waals surface area contributed by atoms with Crippen LogP contribution in [0.1, 0.15) is 24.3 Å². The fourth-order valence-corrected chi connectivity index (χ4v) is 3.89. The Kier molecular flexibility index (Phi) is 3.97. The average molecular weight is 364 g/mol. The van der Waals surface area contributed by atoms with Crippen molar-refractivity contribution in [2.75, 3.05) is 0 Å². The molecule has 0 unspecified atom stereocenters. The van der Waals surface area contributed by atoms with E-state index in [1.54, 1.807) is 0 Å². The maximum absolute atomic E-state index is 12.6. The Bertz CT molecular complexity index is 856. The van der Waals surface area contributed by atoms with Crippen LogP contribution in [0.2, 0.25) is 0 Å². The number of hydrogen-bond donors (Lipinski definition) is 3. The molecule has 3 rings (SSSR count). The van der Waals surface area contributed by atoms with Crippen molar-refractivity contribution in [1.29, 1.82) is 0 Å². The molecule has 0 radical (unpaired) electrons. The van der Waals surface area contributed by atoms with Gasteiger partial charge in [0.05, 0.1) is 0 Å². The van der Waals surface area contributed by atoms with Crippen molar-refractivity contribution >= 4 is 10.0 Å². The third-order valence-electron chi connectivity index (χ3n) is 3.93. The lowest BCUT2D eigenvalue weighted by Gasteiger charge is -2.33. The molecular formula is C13H15F3N4O3S. The highest BCUT2D eigenvalue weighted by Crippen LogP contribution is 2.33. The van der Waals surface area contributed by atoms with Crippen LogP contribution in [0, 0.1) is 6.92 Å². The normalized spacial score (nSPS) is 21.7. The number of nitrogens with two attached hydrogens (primary N) is 1. The number of aromatic nitrogens is 2. The van der Waals surface area contributed by atoms with E-state index in [-0.39, 0.29) is 34.2 Å². The number of halogens is 3. The number of nitrogens with zero attached hydrogens (tertiary/aromatic N) is 1. The van der Waals surface area contributed by atoms with E-state index in [1.165, 1.54) is 6.92 Å². The maximum Gasteiger partial charge on any atom is 0.432 e. The molecule has 2 aromatic heterocycles. The van der Waals surface area contributed by atoms with E-state index >= 15 is 0 Å². The van der Waals surface area contributed by atoms with Crippen molar-refractivity contribution in [1.82, 2.24) is 14.9 Å². The molecule has 2 aromatic rings. The predicted molar refractivity (Wildman–Crippen MR) is 77.3 cm³/mol. The Hall–Kier alpha value is -1.85. The number of hydrogen-bond acceptors (Lipinski definition) is 5. The second-order valence-electron chi connectivity index (χ2n) is 5.66. The van der Waals surface area contributed by atoms with Crippen LogP contribution in [0.5, 0.6) is 0 Å². The topological polar surface area (TPSA) is 114 Å². The van der Waals surface area contributed by atoms with Crippen molar-refractivity contribution in [2.45, 2.75) is 42.9 Å². The number of alkyl halides is 3. The number of aromatic amines is 1. The molecule has 0 bridgehead atoms. The third kappa shape index (κ3) is 3.06. The molecule has 1 aliphatic carbocycles. The van der Waals surface area contributed by atoms with Gasteiger partial charge in [-0.15, -0.1) is 0 Å². The molecule has 2 heterocycles. The van der Waals surface area contributed by atoms with Gasteiger partial charge in [-0.25, -0.2) is 13.1 Å². The fourth-order valence-electron chi connectivity index (χ4n) is 2.39. The quantitative estimate of drug-likeness (QED) is 0.765. The molecule has 11 heteroatoms. The molecule has 1 fully saturated rings. The van der Waals surface area contributed by atoms with Crippen LogP contribution in [0.25, 0.3) is 11.5 Å². The lowest BCUT2D eigenvalue weighted by Crippen LogP contribution is -2.54. The van der Waals surface area contributed by atoms with Crippen molar-refractivity contribution in [3.8, 4) is 11.5 Å². The molecule has 4 N–H and O–H groups in total. The van der Waals surface area contributed by atoms with Gasteiger partial charge >= 0.3 is 6.18 Å². The van der Waals surface area contributed by atoms with Gasteiger partial charge in [0.25, 0.3) is 0 Å². The molecule has 0 amide bonds. The Morgan fingerprint density at radius 2 is 2.08 bits per heavy atom. The molecule has 132 valence electrons. The fraction of sp³-hybridized carbons (Fsp3) is 0.462. The SMILES string of the molecule is Cc1oc(-c2cc(C(F)(F)F)[nH]n2)cc1S(=O)(=O)N[C@@H]1CC[C@@H]1N. The molecule has 0 saturated heterocycles. The summed E-state index contributed by atoms with van der Waals surface area (Å²) < 4.78 is 70.3. The molecular weight excluding hydrogens is 349 g/mol. The number of rotatable bonds is 4. The van der Waals surface area contributed by atoms with Gasteiger partial charge in [-0.1, -0.05) is 0 Å². The monoisotopic (exact) mass is 364 g/mol. The summed E-state index contributed by atoms with van der Waals surface area (Å²) in [7, 11) is -3.88. The van der Waals surface area contributed by atoms with Gasteiger partial charge in [0.15, 0.2) is 5.76 Å². The Morgan fingerprint density at radius 3 is 2.58 bits per heavy atom. The smallest absolute Gasteiger partial charge is 0.432 e. The first-order chi connectivity index (χ1) is 11.1. The largest absolute Gasteiger partial charge is 0.458 e. The minimum Gasteiger partial charge on any atom is -0.458 e. The van der Waals surface area contributed by atoms with Gasteiger partial charge in [0, 0.05) is 18.2 Å². The number of H-pyrrole nitrogens is 1. The van der Waals surface area contributed by atoms with Crippen LogP contribution >= 0.6 is 0 Å². The van der Waals surface area contributed by atoms with Crippen molar-refractivity contribution in [3.63, 3.8) is 0 Å². The Balaban J connectivity index is 1.88. The van der Waals surface area contributed by atoms with Gasteiger partial charge in [-0.05, 0) is 25.8 Å². The molecule has 24 heavy (non-hydrogen) atoms. The zero-order valence-corrected chi connectivity index (χ0v) is 13.3. The van der Waals surface area contributed by atoms with E-state index in [0.29, 0.717) is 6.42 Å². The summed E-state index contributed by atoms with van der Waals surface area (Å²) in [5.74, 6) is -0.0144. The van der Waals surface area contributed by atoms with E-state index in [2.05, 4.69) is 9.82 Å². The lowest BCUT2D eigenvalue weighted by molar-refractivity contribution is -0.141. The molecule has 0 spiro atoms. The van der Waals surface area contributed by atoms with E-state index in [9.17, 15) is 21.6 Å². The maximum atomic E-state index is 12.6. The van der Waals surface area contributed by atoms with Gasteiger partial charge in [-0.2, -0.15) is 18.3 Å². The Labute approximate surface area is 135 Å². The predicted octanol–water partition coefficient (Wildman–Crippen LogP) is 1.76. The number of sulfonamides is 1. The first-order valence-corrected chi connectivity index (χ1v) is 8.57. The highest BCUT2D eigenvalue weighted by Gasteiger charge is 2.35. The van der Waals surface area contributed by atoms with Crippen LogP contribution in [-0.4, -0.2) is 30.7 Å². The second kappa shape index (κ2) is 5.60.